The zero-order valence-corrected chi connectivity index (χ0v) is 13.7. The maximum Gasteiger partial charge on any atom is 0.156 e. The predicted octanol–water partition coefficient (Wildman–Crippen LogP) is 2.81. The first kappa shape index (κ1) is 15.2. The third-order valence-corrected chi connectivity index (χ3v) is 4.52. The fourth-order valence-corrected chi connectivity index (χ4v) is 3.20. The summed E-state index contributed by atoms with van der Waals surface area (Å²) in [5.41, 5.74) is 1.11. The van der Waals surface area contributed by atoms with Crippen molar-refractivity contribution in [2.45, 2.75) is 52.0 Å². The fourth-order valence-electron chi connectivity index (χ4n) is 3.20. The Kier molecular flexibility index (Phi) is 4.52. The van der Waals surface area contributed by atoms with Crippen molar-refractivity contribution in [3.05, 3.63) is 36.3 Å². The lowest BCUT2D eigenvalue weighted by molar-refractivity contribution is 0.166. The number of aromatic nitrogens is 4. The van der Waals surface area contributed by atoms with Crippen LogP contribution >= 0.6 is 0 Å². The molecule has 0 saturated carbocycles. The molecule has 22 heavy (non-hydrogen) atoms. The molecule has 5 nitrogen and oxygen atoms in total. The van der Waals surface area contributed by atoms with Crippen LogP contribution in [0.2, 0.25) is 0 Å². The van der Waals surface area contributed by atoms with Gasteiger partial charge in [0, 0.05) is 43.5 Å². The highest BCUT2D eigenvalue weighted by atomic mass is 15.2. The maximum absolute atomic E-state index is 4.88. The smallest absolute Gasteiger partial charge is 0.156 e. The highest BCUT2D eigenvalue weighted by Gasteiger charge is 2.24. The van der Waals surface area contributed by atoms with Crippen LogP contribution in [0.15, 0.2) is 24.8 Å². The minimum Gasteiger partial charge on any atom is -0.300 e. The molecule has 2 aromatic heterocycles. The van der Waals surface area contributed by atoms with Crippen molar-refractivity contribution in [3.63, 3.8) is 0 Å². The van der Waals surface area contributed by atoms with Gasteiger partial charge in [-0.25, -0.2) is 9.97 Å². The van der Waals surface area contributed by atoms with Crippen molar-refractivity contribution in [1.29, 1.82) is 0 Å². The van der Waals surface area contributed by atoms with Gasteiger partial charge >= 0.3 is 0 Å². The molecule has 1 saturated heterocycles. The Morgan fingerprint density at radius 3 is 2.95 bits per heavy atom. The van der Waals surface area contributed by atoms with Gasteiger partial charge in [-0.15, -0.1) is 0 Å². The lowest BCUT2D eigenvalue weighted by Gasteiger charge is -2.35. The zero-order valence-electron chi connectivity index (χ0n) is 13.7. The molecule has 3 rings (SSSR count). The average molecular weight is 299 g/mol. The summed E-state index contributed by atoms with van der Waals surface area (Å²) in [6.07, 6.45) is 10.9. The van der Waals surface area contributed by atoms with E-state index < -0.39 is 0 Å². The fraction of sp³-hybridized carbons (Fsp3) is 0.588. The third kappa shape index (κ3) is 3.04. The average Bonchev–Trinajstić information content (AvgIpc) is 3.04. The molecule has 2 aromatic rings. The quantitative estimate of drug-likeness (QED) is 0.871. The monoisotopic (exact) mass is 299 g/mol. The summed E-state index contributed by atoms with van der Waals surface area (Å²) >= 11 is 0. The number of piperidine rings is 1. The third-order valence-electron chi connectivity index (χ3n) is 4.52. The number of hydrogen-bond acceptors (Lipinski definition) is 4. The lowest BCUT2D eigenvalue weighted by Crippen LogP contribution is -2.39. The number of aryl methyl sites for hydroxylation is 1. The van der Waals surface area contributed by atoms with Crippen molar-refractivity contribution in [1.82, 2.24) is 24.4 Å². The van der Waals surface area contributed by atoms with E-state index in [2.05, 4.69) is 35.6 Å². The van der Waals surface area contributed by atoms with Crippen LogP contribution < -0.4 is 0 Å². The molecule has 1 aliphatic rings. The molecule has 1 fully saturated rings. The van der Waals surface area contributed by atoms with Gasteiger partial charge in [0.25, 0.3) is 0 Å². The SMILES string of the molecule is CCc1nccn1-c1cncc([C@H]2CCCN(C(C)C)C2)n1. The van der Waals surface area contributed by atoms with Crippen molar-refractivity contribution >= 4 is 0 Å². The summed E-state index contributed by atoms with van der Waals surface area (Å²) in [5, 5.41) is 0. The minimum absolute atomic E-state index is 0.484. The van der Waals surface area contributed by atoms with E-state index in [4.69, 9.17) is 4.98 Å². The van der Waals surface area contributed by atoms with Gasteiger partial charge in [0.05, 0.1) is 11.9 Å². The summed E-state index contributed by atoms with van der Waals surface area (Å²) in [6.45, 7) is 8.92. The van der Waals surface area contributed by atoms with E-state index in [1.807, 2.05) is 29.4 Å². The first-order chi connectivity index (χ1) is 10.7. The molecule has 1 atom stereocenters. The normalized spacial score (nSPS) is 19.7. The van der Waals surface area contributed by atoms with Gasteiger partial charge < -0.3 is 4.90 Å². The molecule has 0 aromatic carbocycles. The van der Waals surface area contributed by atoms with Gasteiger partial charge in [0.2, 0.25) is 0 Å². The number of nitrogens with zero attached hydrogens (tertiary/aromatic N) is 5. The van der Waals surface area contributed by atoms with E-state index in [0.29, 0.717) is 12.0 Å². The highest BCUT2D eigenvalue weighted by molar-refractivity contribution is 5.24. The van der Waals surface area contributed by atoms with Crippen molar-refractivity contribution in [3.8, 4) is 5.82 Å². The molecule has 118 valence electrons. The Morgan fingerprint density at radius 2 is 2.18 bits per heavy atom. The van der Waals surface area contributed by atoms with Gasteiger partial charge in [-0.1, -0.05) is 6.92 Å². The minimum atomic E-state index is 0.484. The molecule has 0 N–H and O–H groups in total. The summed E-state index contributed by atoms with van der Waals surface area (Å²) in [5.74, 6) is 2.39. The first-order valence-corrected chi connectivity index (χ1v) is 8.27. The Hall–Kier alpha value is -1.75. The molecule has 0 spiro atoms. The zero-order chi connectivity index (χ0) is 15.5. The van der Waals surface area contributed by atoms with E-state index >= 15 is 0 Å². The van der Waals surface area contributed by atoms with E-state index in [9.17, 15) is 0 Å². The van der Waals surface area contributed by atoms with Gasteiger partial charge in [-0.2, -0.15) is 0 Å². The van der Waals surface area contributed by atoms with E-state index in [1.54, 1.807) is 0 Å². The highest BCUT2D eigenvalue weighted by Crippen LogP contribution is 2.26. The number of rotatable bonds is 4. The first-order valence-electron chi connectivity index (χ1n) is 8.27. The molecule has 0 radical (unpaired) electrons. The van der Waals surface area contributed by atoms with Crippen LogP contribution in [0.4, 0.5) is 0 Å². The molecule has 0 bridgehead atoms. The van der Waals surface area contributed by atoms with Crippen LogP contribution in [0.1, 0.15) is 51.0 Å². The standard InChI is InChI=1S/C17H25N5/c1-4-16-19-7-9-22(16)17-11-18-10-15(20-17)14-6-5-8-21(12-14)13(2)3/h7,9-11,13-14H,4-6,8,12H2,1-3H3/t14-/m0/s1. The Labute approximate surface area is 132 Å². The number of hydrogen-bond donors (Lipinski definition) is 0. The van der Waals surface area contributed by atoms with Gasteiger partial charge in [0.15, 0.2) is 5.82 Å². The van der Waals surface area contributed by atoms with Crippen LogP contribution in [0, 0.1) is 0 Å². The van der Waals surface area contributed by atoms with Gasteiger partial charge in [0.1, 0.15) is 5.82 Å². The molecule has 0 unspecified atom stereocenters. The van der Waals surface area contributed by atoms with Crippen LogP contribution in [0.5, 0.6) is 0 Å². The molecule has 1 aliphatic heterocycles. The largest absolute Gasteiger partial charge is 0.300 e. The van der Waals surface area contributed by atoms with E-state index in [1.165, 1.54) is 19.4 Å². The van der Waals surface area contributed by atoms with Gasteiger partial charge in [-0.05, 0) is 33.2 Å². The Morgan fingerprint density at radius 1 is 1.32 bits per heavy atom. The van der Waals surface area contributed by atoms with E-state index in [-0.39, 0.29) is 0 Å². The predicted molar refractivity (Wildman–Crippen MR) is 87.2 cm³/mol. The molecule has 3 heterocycles. The summed E-state index contributed by atoms with van der Waals surface area (Å²) in [6, 6.07) is 0.597. The van der Waals surface area contributed by atoms with E-state index in [0.717, 1.165) is 30.3 Å². The van der Waals surface area contributed by atoms with Crippen LogP contribution in [0.25, 0.3) is 5.82 Å². The number of imidazole rings is 1. The Balaban J connectivity index is 1.85. The van der Waals surface area contributed by atoms with Crippen LogP contribution in [0.3, 0.4) is 0 Å². The molecule has 5 heteroatoms. The molecular weight excluding hydrogens is 274 g/mol. The summed E-state index contributed by atoms with van der Waals surface area (Å²) in [7, 11) is 0. The maximum atomic E-state index is 4.88. The van der Waals surface area contributed by atoms with Crippen molar-refractivity contribution < 1.29 is 0 Å². The topological polar surface area (TPSA) is 46.8 Å². The second-order valence-corrected chi connectivity index (χ2v) is 6.30. The summed E-state index contributed by atoms with van der Waals surface area (Å²) in [4.78, 5) is 16.2. The lowest BCUT2D eigenvalue weighted by atomic mass is 9.94. The van der Waals surface area contributed by atoms with Crippen molar-refractivity contribution in [2.75, 3.05) is 13.1 Å². The van der Waals surface area contributed by atoms with Crippen LogP contribution in [-0.4, -0.2) is 43.6 Å². The molecular formula is C17H25N5. The van der Waals surface area contributed by atoms with Crippen LogP contribution in [-0.2, 0) is 6.42 Å². The molecule has 0 aliphatic carbocycles. The second kappa shape index (κ2) is 6.57. The Bertz CT molecular complexity index is 619. The summed E-state index contributed by atoms with van der Waals surface area (Å²) < 4.78 is 2.04. The molecule has 0 amide bonds. The second-order valence-electron chi connectivity index (χ2n) is 6.30. The van der Waals surface area contributed by atoms with Crippen molar-refractivity contribution in [2.24, 2.45) is 0 Å². The number of likely N-dealkylation sites (tertiary alicyclic amines) is 1. The van der Waals surface area contributed by atoms with Gasteiger partial charge in [-0.3, -0.25) is 9.55 Å².